The first-order valence-electron chi connectivity index (χ1n) is 5.97. The molecule has 0 aliphatic heterocycles. The van der Waals surface area contributed by atoms with E-state index in [1.54, 1.807) is 13.8 Å². The Labute approximate surface area is 127 Å². The quantitative estimate of drug-likeness (QED) is 0.774. The van der Waals surface area contributed by atoms with Crippen LogP contribution in [-0.2, 0) is 4.74 Å². The number of hydrogen-bond donors (Lipinski definition) is 0. The summed E-state index contributed by atoms with van der Waals surface area (Å²) in [6.07, 6.45) is -0.0525. The predicted octanol–water partition coefficient (Wildman–Crippen LogP) is 3.80. The molecular weight excluding hydrogens is 305 g/mol. The van der Waals surface area contributed by atoms with E-state index in [4.69, 9.17) is 32.7 Å². The average Bonchev–Trinajstić information content (AvgIpc) is 2.43. The molecule has 0 radical (unpaired) electrons. The second-order valence-corrected chi connectivity index (χ2v) is 4.48. The Bertz CT molecular complexity index is 520. The van der Waals surface area contributed by atoms with E-state index >= 15 is 0 Å². The minimum Gasteiger partial charge on any atom is -0.494 e. The topological polar surface area (TPSA) is 55.8 Å². The Kier molecular flexibility index (Phi) is 6.10. The molecule has 0 saturated heterocycles. The Hall–Kier alpha value is -1.46. The predicted molar refractivity (Wildman–Crippen MR) is 78.4 cm³/mol. The van der Waals surface area contributed by atoms with Gasteiger partial charge in [0.25, 0.3) is 0 Å². The molecule has 1 rings (SSSR count). The number of carbonyl (C=O) groups excluding carboxylic acids is 2. The molecule has 0 spiro atoms. The van der Waals surface area contributed by atoms with Crippen LogP contribution in [0.25, 0.3) is 0 Å². The van der Waals surface area contributed by atoms with Crippen molar-refractivity contribution in [3.8, 4) is 5.75 Å². The lowest BCUT2D eigenvalue weighted by Crippen LogP contribution is -2.32. The highest BCUT2D eigenvalue weighted by atomic mass is 35.5. The van der Waals surface area contributed by atoms with Gasteiger partial charge in [-0.15, -0.1) is 0 Å². The SMILES string of the molecule is CCOC(=O)N(CC)c1c(OC)cc(Cl)c(Cl)c1C=O. The summed E-state index contributed by atoms with van der Waals surface area (Å²) in [6, 6.07) is 1.45. The zero-order chi connectivity index (χ0) is 15.3. The molecule has 20 heavy (non-hydrogen) atoms. The summed E-state index contributed by atoms with van der Waals surface area (Å²) < 4.78 is 10.1. The molecule has 1 aromatic carbocycles. The fourth-order valence-corrected chi connectivity index (χ4v) is 2.12. The highest BCUT2D eigenvalue weighted by Crippen LogP contribution is 2.40. The molecule has 1 amide bonds. The fourth-order valence-electron chi connectivity index (χ4n) is 1.73. The van der Waals surface area contributed by atoms with Gasteiger partial charge in [-0.3, -0.25) is 9.69 Å². The maximum atomic E-state index is 12.0. The number of rotatable bonds is 5. The minimum atomic E-state index is -0.588. The first kappa shape index (κ1) is 16.6. The van der Waals surface area contributed by atoms with Gasteiger partial charge in [-0.1, -0.05) is 23.2 Å². The van der Waals surface area contributed by atoms with Crippen molar-refractivity contribution in [2.45, 2.75) is 13.8 Å². The van der Waals surface area contributed by atoms with Crippen LogP contribution in [-0.4, -0.2) is 32.6 Å². The summed E-state index contributed by atoms with van der Waals surface area (Å²) in [5.74, 6) is 0.274. The van der Waals surface area contributed by atoms with E-state index in [1.165, 1.54) is 18.1 Å². The van der Waals surface area contributed by atoms with Crippen LogP contribution in [0.15, 0.2) is 6.07 Å². The second-order valence-electron chi connectivity index (χ2n) is 3.70. The Morgan fingerprint density at radius 2 is 2.05 bits per heavy atom. The van der Waals surface area contributed by atoms with E-state index in [1.807, 2.05) is 0 Å². The molecule has 0 N–H and O–H groups in total. The molecule has 0 aliphatic carbocycles. The van der Waals surface area contributed by atoms with E-state index in [9.17, 15) is 9.59 Å². The van der Waals surface area contributed by atoms with Gasteiger partial charge in [0.05, 0.1) is 29.3 Å². The van der Waals surface area contributed by atoms with Crippen LogP contribution in [0.2, 0.25) is 10.0 Å². The number of ether oxygens (including phenoxy) is 2. The van der Waals surface area contributed by atoms with Crippen LogP contribution in [0, 0.1) is 0 Å². The average molecular weight is 320 g/mol. The summed E-state index contributed by atoms with van der Waals surface area (Å²) in [4.78, 5) is 24.5. The third-order valence-corrected chi connectivity index (χ3v) is 3.41. The monoisotopic (exact) mass is 319 g/mol. The van der Waals surface area contributed by atoms with Crippen molar-refractivity contribution in [2.75, 3.05) is 25.2 Å². The Balaban J connectivity index is 3.50. The molecule has 5 nitrogen and oxygen atoms in total. The van der Waals surface area contributed by atoms with Crippen molar-refractivity contribution in [3.63, 3.8) is 0 Å². The molecule has 0 unspecified atom stereocenters. The molecule has 0 fully saturated rings. The summed E-state index contributed by atoms with van der Waals surface area (Å²) in [6.45, 7) is 3.94. The lowest BCUT2D eigenvalue weighted by molar-refractivity contribution is 0.112. The minimum absolute atomic E-state index is 0.0696. The molecule has 0 bridgehead atoms. The first-order valence-corrected chi connectivity index (χ1v) is 6.72. The van der Waals surface area contributed by atoms with Crippen LogP contribution >= 0.6 is 23.2 Å². The Morgan fingerprint density at radius 3 is 2.50 bits per heavy atom. The van der Waals surface area contributed by atoms with Crippen LogP contribution in [0.3, 0.4) is 0 Å². The number of halogens is 2. The zero-order valence-corrected chi connectivity index (χ0v) is 12.9. The molecule has 1 aromatic rings. The van der Waals surface area contributed by atoms with Gasteiger partial charge in [0.1, 0.15) is 11.4 Å². The summed E-state index contributed by atoms with van der Waals surface area (Å²) in [7, 11) is 1.41. The van der Waals surface area contributed by atoms with Crippen molar-refractivity contribution in [1.29, 1.82) is 0 Å². The van der Waals surface area contributed by atoms with Crippen LogP contribution in [0.4, 0.5) is 10.5 Å². The van der Waals surface area contributed by atoms with Crippen molar-refractivity contribution >= 4 is 41.3 Å². The summed E-state index contributed by atoms with van der Waals surface area (Å²) in [5, 5.41) is 0.245. The highest BCUT2D eigenvalue weighted by Gasteiger charge is 2.25. The summed E-state index contributed by atoms with van der Waals surface area (Å²) in [5.41, 5.74) is 0.337. The molecule has 0 heterocycles. The Morgan fingerprint density at radius 1 is 1.40 bits per heavy atom. The smallest absolute Gasteiger partial charge is 0.414 e. The number of hydrogen-bond acceptors (Lipinski definition) is 4. The molecule has 7 heteroatoms. The van der Waals surface area contributed by atoms with E-state index in [2.05, 4.69) is 0 Å². The van der Waals surface area contributed by atoms with Gasteiger partial charge < -0.3 is 9.47 Å². The van der Waals surface area contributed by atoms with E-state index in [-0.39, 0.29) is 40.2 Å². The van der Waals surface area contributed by atoms with Crippen molar-refractivity contribution in [3.05, 3.63) is 21.7 Å². The number of methoxy groups -OCH3 is 1. The van der Waals surface area contributed by atoms with Gasteiger partial charge in [0.2, 0.25) is 0 Å². The van der Waals surface area contributed by atoms with Gasteiger partial charge in [-0.05, 0) is 13.8 Å². The number of carbonyl (C=O) groups is 2. The molecule has 0 atom stereocenters. The number of anilines is 1. The van der Waals surface area contributed by atoms with E-state index < -0.39 is 6.09 Å². The van der Waals surface area contributed by atoms with Crippen LogP contribution in [0.1, 0.15) is 24.2 Å². The zero-order valence-electron chi connectivity index (χ0n) is 11.4. The van der Waals surface area contributed by atoms with Gasteiger partial charge in [-0.25, -0.2) is 4.79 Å². The normalized spacial score (nSPS) is 10.1. The fraction of sp³-hybridized carbons (Fsp3) is 0.385. The van der Waals surface area contributed by atoms with Crippen molar-refractivity contribution in [2.24, 2.45) is 0 Å². The van der Waals surface area contributed by atoms with Gasteiger partial charge in [0, 0.05) is 12.6 Å². The van der Waals surface area contributed by atoms with Crippen molar-refractivity contribution in [1.82, 2.24) is 0 Å². The molecule has 0 aliphatic rings. The van der Waals surface area contributed by atoms with Gasteiger partial charge >= 0.3 is 6.09 Å². The third-order valence-electron chi connectivity index (χ3n) is 2.60. The third kappa shape index (κ3) is 3.16. The van der Waals surface area contributed by atoms with Crippen LogP contribution in [0.5, 0.6) is 5.75 Å². The molecular formula is C13H15Cl2NO4. The summed E-state index contributed by atoms with van der Waals surface area (Å²) >= 11 is 11.9. The van der Waals surface area contributed by atoms with Crippen molar-refractivity contribution < 1.29 is 19.1 Å². The molecule has 110 valence electrons. The second kappa shape index (κ2) is 7.36. The maximum Gasteiger partial charge on any atom is 0.414 e. The molecule has 0 saturated carbocycles. The highest BCUT2D eigenvalue weighted by molar-refractivity contribution is 6.44. The maximum absolute atomic E-state index is 12.0. The number of aldehydes is 1. The first-order chi connectivity index (χ1) is 9.51. The standard InChI is InChI=1S/C13H15Cl2NO4/c1-4-16(13(18)20-5-2)12-8(7-17)11(15)9(14)6-10(12)19-3/h6-7H,4-5H2,1-3H3. The lowest BCUT2D eigenvalue weighted by Gasteiger charge is -2.24. The molecule has 0 aromatic heterocycles. The van der Waals surface area contributed by atoms with E-state index in [0.29, 0.717) is 6.29 Å². The van der Waals surface area contributed by atoms with Gasteiger partial charge in [0.15, 0.2) is 6.29 Å². The van der Waals surface area contributed by atoms with E-state index in [0.717, 1.165) is 0 Å². The number of benzene rings is 1. The largest absolute Gasteiger partial charge is 0.494 e. The van der Waals surface area contributed by atoms with Gasteiger partial charge in [-0.2, -0.15) is 0 Å². The van der Waals surface area contributed by atoms with Crippen LogP contribution < -0.4 is 9.64 Å². The number of amides is 1. The lowest BCUT2D eigenvalue weighted by atomic mass is 10.1. The number of nitrogens with zero attached hydrogens (tertiary/aromatic N) is 1.